The topological polar surface area (TPSA) is 124 Å². The number of allylic oxidation sites excluding steroid dienone is 2. The molecular formula is C44H63NO6. The number of carboxylic acids is 1. The van der Waals surface area contributed by atoms with Gasteiger partial charge in [-0.05, 0) is 128 Å². The van der Waals surface area contributed by atoms with E-state index in [4.69, 9.17) is 0 Å². The quantitative estimate of drug-likeness (QED) is 0.183. The van der Waals surface area contributed by atoms with Gasteiger partial charge >= 0.3 is 5.97 Å². The van der Waals surface area contributed by atoms with Crippen LogP contribution in [0.5, 0.6) is 0 Å². The molecule has 0 saturated heterocycles. The first-order chi connectivity index (χ1) is 24.0. The molecule has 0 radical (unpaired) electrons. The minimum Gasteiger partial charge on any atom is -0.481 e. The standard InChI is InChI=1S/C44H63NO6/c1-25(2)38-36(47)24-43(20-21-45-44(50,51)27-10-8-7-9-11-27)19-17-29-30-13-15-37-41(4,5)28(22-35(46)32-23-33(26(32)3)40(48)49)16-18-42(37,6)34(30)14-12-31(29)39(38)43/h7-11,25-26,28-34,37,45,50-51H,12-24H2,1-6H3,(H,48,49). The van der Waals surface area contributed by atoms with Gasteiger partial charge in [-0.3, -0.25) is 19.7 Å². The molecule has 0 bridgehead atoms. The molecule has 0 amide bonds. The lowest BCUT2D eigenvalue weighted by atomic mass is 9.39. The summed E-state index contributed by atoms with van der Waals surface area (Å²) in [6.45, 7) is 14.2. The summed E-state index contributed by atoms with van der Waals surface area (Å²) in [6, 6.07) is 8.89. The van der Waals surface area contributed by atoms with E-state index in [2.05, 4.69) is 39.9 Å². The van der Waals surface area contributed by atoms with Crippen molar-refractivity contribution in [3.63, 3.8) is 0 Å². The van der Waals surface area contributed by atoms with Gasteiger partial charge in [-0.25, -0.2) is 0 Å². The number of hydrogen-bond donors (Lipinski definition) is 4. The first-order valence-corrected chi connectivity index (χ1v) is 20.3. The van der Waals surface area contributed by atoms with Crippen molar-refractivity contribution in [2.75, 3.05) is 6.54 Å². The van der Waals surface area contributed by atoms with Crippen molar-refractivity contribution in [2.45, 2.75) is 125 Å². The summed E-state index contributed by atoms with van der Waals surface area (Å²) in [7, 11) is 0. The van der Waals surface area contributed by atoms with E-state index < -0.39 is 11.9 Å². The van der Waals surface area contributed by atoms with Crippen LogP contribution in [0.4, 0.5) is 0 Å². The van der Waals surface area contributed by atoms with Crippen LogP contribution in [0.2, 0.25) is 0 Å². The Labute approximate surface area is 305 Å². The highest BCUT2D eigenvalue weighted by atomic mass is 16.5. The fourth-order valence-corrected chi connectivity index (χ4v) is 13.8. The van der Waals surface area contributed by atoms with E-state index in [-0.39, 0.29) is 39.9 Å². The van der Waals surface area contributed by atoms with E-state index in [1.165, 1.54) is 24.8 Å². The van der Waals surface area contributed by atoms with E-state index >= 15 is 0 Å². The molecule has 0 aliphatic heterocycles. The van der Waals surface area contributed by atoms with Crippen LogP contribution < -0.4 is 5.32 Å². The molecule has 11 atom stereocenters. The van der Waals surface area contributed by atoms with Crippen LogP contribution in [-0.2, 0) is 20.3 Å². The number of Topliss-reactive ketones (excluding diaryl/α,β-unsaturated/α-hetero) is 2. The van der Waals surface area contributed by atoms with E-state index in [0.717, 1.165) is 44.1 Å². The molecule has 5 saturated carbocycles. The number of carboxylic acid groups (broad SMARTS) is 1. The SMILES string of the molecule is CC(C)C1=C2C3CCC4C(CCC5C(C)(C)C(CC(=O)C6CC(C(=O)O)C6C)CCC45C)C3CCC2(CCNC(O)(O)c2ccccc2)CC1=O. The van der Waals surface area contributed by atoms with Gasteiger partial charge in [0.15, 0.2) is 5.78 Å². The number of hydrogen-bond acceptors (Lipinski definition) is 6. The summed E-state index contributed by atoms with van der Waals surface area (Å²) in [5.74, 6) is 0.600. The second kappa shape index (κ2) is 13.2. The minimum atomic E-state index is -2.12. The number of benzene rings is 1. The minimum absolute atomic E-state index is 0.0535. The predicted octanol–water partition coefficient (Wildman–Crippen LogP) is 7.89. The van der Waals surface area contributed by atoms with E-state index in [0.29, 0.717) is 78.4 Å². The number of aliphatic carboxylic acids is 1. The van der Waals surface area contributed by atoms with E-state index in [1.54, 1.807) is 24.3 Å². The van der Waals surface area contributed by atoms with E-state index in [1.807, 2.05) is 13.0 Å². The summed E-state index contributed by atoms with van der Waals surface area (Å²) < 4.78 is 0. The Balaban J connectivity index is 1.07. The summed E-state index contributed by atoms with van der Waals surface area (Å²) in [5, 5.41) is 34.3. The Bertz CT molecular complexity index is 1560. The fraction of sp³-hybridized carbons (Fsp3) is 0.750. The number of aliphatic hydroxyl groups is 2. The molecule has 6 aliphatic rings. The van der Waals surface area contributed by atoms with Crippen LogP contribution in [0.1, 0.15) is 124 Å². The molecule has 0 aromatic heterocycles. The van der Waals surface area contributed by atoms with Crippen LogP contribution in [0.3, 0.4) is 0 Å². The molecule has 4 N–H and O–H groups in total. The van der Waals surface area contributed by atoms with Crippen LogP contribution in [-0.4, -0.2) is 39.4 Å². The van der Waals surface area contributed by atoms with Gasteiger partial charge in [-0.15, -0.1) is 0 Å². The number of carbonyl (C=O) groups excluding carboxylic acids is 2. The van der Waals surface area contributed by atoms with Crippen LogP contribution in [0, 0.1) is 75.4 Å². The maximum absolute atomic E-state index is 13.8. The lowest BCUT2D eigenvalue weighted by Crippen LogP contribution is -2.58. The van der Waals surface area contributed by atoms with Gasteiger partial charge < -0.3 is 15.3 Å². The summed E-state index contributed by atoms with van der Waals surface area (Å²) in [6.07, 6.45) is 11.5. The van der Waals surface area contributed by atoms with Gasteiger partial charge in [-0.1, -0.05) is 77.4 Å². The van der Waals surface area contributed by atoms with Crippen molar-refractivity contribution in [1.29, 1.82) is 0 Å². The zero-order chi connectivity index (χ0) is 36.7. The number of fused-ring (bicyclic) bond motifs is 7. The van der Waals surface area contributed by atoms with Crippen molar-refractivity contribution < 1.29 is 29.7 Å². The molecule has 51 heavy (non-hydrogen) atoms. The number of rotatable bonds is 10. The molecule has 1 aromatic rings. The van der Waals surface area contributed by atoms with Crippen molar-refractivity contribution in [1.82, 2.24) is 5.32 Å². The summed E-state index contributed by atoms with van der Waals surface area (Å²) in [4.78, 5) is 38.9. The average molecular weight is 702 g/mol. The first kappa shape index (κ1) is 37.0. The lowest BCUT2D eigenvalue weighted by molar-refractivity contribution is -0.195. The van der Waals surface area contributed by atoms with Crippen molar-refractivity contribution in [3.05, 3.63) is 47.0 Å². The zero-order valence-corrected chi connectivity index (χ0v) is 31.9. The Morgan fingerprint density at radius 3 is 2.33 bits per heavy atom. The van der Waals surface area contributed by atoms with Gasteiger partial charge in [0.2, 0.25) is 0 Å². The number of nitrogens with one attached hydrogen (secondary N) is 1. The van der Waals surface area contributed by atoms with Crippen LogP contribution in [0.15, 0.2) is 41.5 Å². The second-order valence-corrected chi connectivity index (χ2v) is 19.2. The molecule has 7 rings (SSSR count). The Hall–Kier alpha value is -2.35. The highest BCUT2D eigenvalue weighted by Gasteiger charge is 2.63. The number of carbonyl (C=O) groups is 3. The van der Waals surface area contributed by atoms with Crippen LogP contribution >= 0.6 is 0 Å². The summed E-state index contributed by atoms with van der Waals surface area (Å²) in [5.41, 5.74) is 3.01. The largest absolute Gasteiger partial charge is 0.481 e. The third kappa shape index (κ3) is 6.00. The average Bonchev–Trinajstić information content (AvgIpc) is 3.37. The molecule has 5 fully saturated rings. The monoisotopic (exact) mass is 701 g/mol. The van der Waals surface area contributed by atoms with Crippen molar-refractivity contribution in [3.8, 4) is 0 Å². The van der Waals surface area contributed by atoms with Crippen molar-refractivity contribution >= 4 is 17.5 Å². The molecule has 7 nitrogen and oxygen atoms in total. The summed E-state index contributed by atoms with van der Waals surface area (Å²) >= 11 is 0. The van der Waals surface area contributed by atoms with Gasteiger partial charge in [0.05, 0.1) is 5.92 Å². The zero-order valence-electron chi connectivity index (χ0n) is 31.9. The van der Waals surface area contributed by atoms with Crippen molar-refractivity contribution in [2.24, 2.45) is 75.4 Å². The van der Waals surface area contributed by atoms with Gasteiger partial charge in [-0.2, -0.15) is 0 Å². The highest BCUT2D eigenvalue weighted by Crippen LogP contribution is 2.70. The Morgan fingerprint density at radius 2 is 1.67 bits per heavy atom. The third-order valence-electron chi connectivity index (χ3n) is 16.5. The van der Waals surface area contributed by atoms with Crippen LogP contribution in [0.25, 0.3) is 0 Å². The Kier molecular flexibility index (Phi) is 9.57. The smallest absolute Gasteiger partial charge is 0.306 e. The molecule has 6 aliphatic carbocycles. The van der Waals surface area contributed by atoms with Gasteiger partial charge in [0.25, 0.3) is 5.91 Å². The highest BCUT2D eigenvalue weighted by molar-refractivity contribution is 6.00. The molecule has 1 aromatic carbocycles. The molecule has 0 spiro atoms. The lowest BCUT2D eigenvalue weighted by Gasteiger charge is -2.65. The molecule has 280 valence electrons. The molecule has 7 heteroatoms. The van der Waals surface area contributed by atoms with E-state index in [9.17, 15) is 29.7 Å². The predicted molar refractivity (Wildman–Crippen MR) is 197 cm³/mol. The maximum Gasteiger partial charge on any atom is 0.306 e. The molecular weight excluding hydrogens is 638 g/mol. The molecule has 11 unspecified atom stereocenters. The normalized spacial score (nSPS) is 40.2. The first-order valence-electron chi connectivity index (χ1n) is 20.3. The van der Waals surface area contributed by atoms with Gasteiger partial charge in [0.1, 0.15) is 5.78 Å². The van der Waals surface area contributed by atoms with Gasteiger partial charge in [0, 0.05) is 36.3 Å². The number of ketones is 2. The maximum atomic E-state index is 13.8. The third-order valence-corrected chi connectivity index (χ3v) is 16.5. The fourth-order valence-electron chi connectivity index (χ4n) is 13.8. The Morgan fingerprint density at radius 1 is 0.941 bits per heavy atom. The second-order valence-electron chi connectivity index (χ2n) is 19.2. The molecule has 0 heterocycles.